The number of rotatable bonds is 5. The first-order chi connectivity index (χ1) is 10.8. The zero-order valence-electron chi connectivity index (χ0n) is 13.5. The van der Waals surface area contributed by atoms with Crippen molar-refractivity contribution in [1.82, 2.24) is 0 Å². The normalized spacial score (nSPS) is 30.5. The molecule has 3 unspecified atom stereocenters. The maximum atomic E-state index is 10.5. The first kappa shape index (κ1) is 17.1. The SMILES string of the molecule is O=C=NCC1CCCC(CN=C=O)C(C2CCCCCC2)C1. The fourth-order valence-electron chi connectivity index (χ4n) is 4.61. The first-order valence-electron chi connectivity index (χ1n) is 8.92. The van der Waals surface area contributed by atoms with Crippen LogP contribution in [0.1, 0.15) is 64.2 Å². The van der Waals surface area contributed by atoms with Crippen molar-refractivity contribution in [3.8, 4) is 0 Å². The van der Waals surface area contributed by atoms with E-state index in [4.69, 9.17) is 0 Å². The molecule has 2 aliphatic rings. The van der Waals surface area contributed by atoms with Crippen molar-refractivity contribution >= 4 is 12.2 Å². The second kappa shape index (κ2) is 9.71. The van der Waals surface area contributed by atoms with E-state index >= 15 is 0 Å². The predicted molar refractivity (Wildman–Crippen MR) is 86.1 cm³/mol. The molecule has 3 atom stereocenters. The van der Waals surface area contributed by atoms with Crippen molar-refractivity contribution in [1.29, 1.82) is 0 Å². The summed E-state index contributed by atoms with van der Waals surface area (Å²) in [4.78, 5) is 28.7. The van der Waals surface area contributed by atoms with Crippen molar-refractivity contribution < 1.29 is 9.59 Å². The summed E-state index contributed by atoms with van der Waals surface area (Å²) in [6.07, 6.45) is 16.0. The summed E-state index contributed by atoms with van der Waals surface area (Å²) in [5.41, 5.74) is 0. The monoisotopic (exact) mass is 304 g/mol. The smallest absolute Gasteiger partial charge is 0.211 e. The minimum Gasteiger partial charge on any atom is -0.211 e. The molecule has 0 heterocycles. The molecule has 0 aliphatic heterocycles. The minimum atomic E-state index is 0.500. The van der Waals surface area contributed by atoms with E-state index in [1.165, 1.54) is 38.5 Å². The van der Waals surface area contributed by atoms with Crippen LogP contribution in [0, 0.1) is 23.7 Å². The van der Waals surface area contributed by atoms with Gasteiger partial charge in [0.1, 0.15) is 0 Å². The number of aliphatic imine (C=N–C) groups is 2. The van der Waals surface area contributed by atoms with Gasteiger partial charge in [-0.1, -0.05) is 44.9 Å². The number of carbonyl (C=O) groups excluding carboxylic acids is 2. The Balaban J connectivity index is 2.09. The molecule has 0 spiro atoms. The molecule has 22 heavy (non-hydrogen) atoms. The molecule has 0 aromatic heterocycles. The summed E-state index contributed by atoms with van der Waals surface area (Å²) in [7, 11) is 0. The zero-order chi connectivity index (χ0) is 15.6. The number of hydrogen-bond acceptors (Lipinski definition) is 4. The van der Waals surface area contributed by atoms with E-state index in [0.717, 1.165) is 31.6 Å². The van der Waals surface area contributed by atoms with E-state index in [2.05, 4.69) is 9.98 Å². The van der Waals surface area contributed by atoms with Gasteiger partial charge in [0.2, 0.25) is 12.2 Å². The lowest BCUT2D eigenvalue weighted by Crippen LogP contribution is -2.26. The van der Waals surface area contributed by atoms with Crippen LogP contribution in [-0.2, 0) is 9.59 Å². The highest BCUT2D eigenvalue weighted by Gasteiger charge is 2.33. The lowest BCUT2D eigenvalue weighted by atomic mass is 9.73. The summed E-state index contributed by atoms with van der Waals surface area (Å²) in [5, 5.41) is 0. The van der Waals surface area contributed by atoms with E-state index in [1.807, 2.05) is 0 Å². The molecule has 0 aromatic carbocycles. The predicted octanol–water partition coefficient (Wildman–Crippen LogP) is 4.05. The molecule has 0 saturated heterocycles. The van der Waals surface area contributed by atoms with E-state index < -0.39 is 0 Å². The Hall–Kier alpha value is -1.24. The lowest BCUT2D eigenvalue weighted by Gasteiger charge is -2.32. The largest absolute Gasteiger partial charge is 0.234 e. The minimum absolute atomic E-state index is 0.500. The van der Waals surface area contributed by atoms with Gasteiger partial charge in [0.25, 0.3) is 0 Å². The molecule has 2 fully saturated rings. The average Bonchev–Trinajstić information content (AvgIpc) is 2.91. The molecule has 2 rings (SSSR count). The topological polar surface area (TPSA) is 58.9 Å². The molecule has 4 nitrogen and oxygen atoms in total. The quantitative estimate of drug-likeness (QED) is 0.437. The Labute approximate surface area is 133 Å². The number of nitrogens with zero attached hydrogens (tertiary/aromatic N) is 2. The second-order valence-electron chi connectivity index (χ2n) is 7.07. The Morgan fingerprint density at radius 2 is 1.45 bits per heavy atom. The molecule has 0 N–H and O–H groups in total. The third kappa shape index (κ3) is 5.19. The molecule has 0 radical (unpaired) electrons. The van der Waals surface area contributed by atoms with Gasteiger partial charge in [-0.2, -0.15) is 0 Å². The maximum Gasteiger partial charge on any atom is 0.234 e. The van der Waals surface area contributed by atoms with E-state index in [1.54, 1.807) is 12.2 Å². The van der Waals surface area contributed by atoms with Gasteiger partial charge in [0.05, 0.1) is 13.1 Å². The van der Waals surface area contributed by atoms with Gasteiger partial charge in [-0.25, -0.2) is 19.6 Å². The van der Waals surface area contributed by atoms with Crippen molar-refractivity contribution in [2.24, 2.45) is 33.7 Å². The fraction of sp³-hybridized carbons (Fsp3) is 0.889. The van der Waals surface area contributed by atoms with Crippen molar-refractivity contribution in [3.05, 3.63) is 0 Å². The van der Waals surface area contributed by atoms with Crippen LogP contribution in [0.15, 0.2) is 9.98 Å². The Kier molecular flexibility index (Phi) is 7.56. The molecule has 0 amide bonds. The zero-order valence-corrected chi connectivity index (χ0v) is 13.5. The van der Waals surface area contributed by atoms with Gasteiger partial charge in [-0.3, -0.25) is 0 Å². The maximum absolute atomic E-state index is 10.5. The van der Waals surface area contributed by atoms with Crippen LogP contribution >= 0.6 is 0 Å². The molecule has 0 aromatic rings. The summed E-state index contributed by atoms with van der Waals surface area (Å²) in [5.74, 6) is 2.40. The molecular weight excluding hydrogens is 276 g/mol. The van der Waals surface area contributed by atoms with Gasteiger partial charge in [-0.15, -0.1) is 0 Å². The molecule has 2 aliphatic carbocycles. The Morgan fingerprint density at radius 3 is 2.14 bits per heavy atom. The Morgan fingerprint density at radius 1 is 0.773 bits per heavy atom. The van der Waals surface area contributed by atoms with Crippen LogP contribution in [-0.4, -0.2) is 25.2 Å². The third-order valence-electron chi connectivity index (χ3n) is 5.71. The summed E-state index contributed by atoms with van der Waals surface area (Å²) >= 11 is 0. The van der Waals surface area contributed by atoms with Crippen molar-refractivity contribution in [2.75, 3.05) is 13.1 Å². The standard InChI is InChI=1S/C18H28N2O2/c21-13-19-11-15-6-5-9-17(12-20-14-22)18(10-15)16-7-3-1-2-4-8-16/h15-18H,1-12H2. The molecular formula is C18H28N2O2. The fourth-order valence-corrected chi connectivity index (χ4v) is 4.61. The van der Waals surface area contributed by atoms with Crippen LogP contribution < -0.4 is 0 Å². The van der Waals surface area contributed by atoms with Crippen LogP contribution in [0.2, 0.25) is 0 Å². The van der Waals surface area contributed by atoms with E-state index in [-0.39, 0.29) is 0 Å². The summed E-state index contributed by atoms with van der Waals surface area (Å²) in [6.45, 7) is 1.25. The highest BCUT2D eigenvalue weighted by Crippen LogP contribution is 2.42. The Bertz CT molecular complexity index is 417. The van der Waals surface area contributed by atoms with Crippen LogP contribution in [0.3, 0.4) is 0 Å². The van der Waals surface area contributed by atoms with Gasteiger partial charge >= 0.3 is 0 Å². The molecule has 0 bridgehead atoms. The van der Waals surface area contributed by atoms with E-state index in [0.29, 0.717) is 30.8 Å². The third-order valence-corrected chi connectivity index (χ3v) is 5.71. The molecule has 2 saturated carbocycles. The van der Waals surface area contributed by atoms with Gasteiger partial charge in [0, 0.05) is 0 Å². The van der Waals surface area contributed by atoms with Gasteiger partial charge < -0.3 is 0 Å². The summed E-state index contributed by atoms with van der Waals surface area (Å²) < 4.78 is 0. The molecule has 4 heteroatoms. The van der Waals surface area contributed by atoms with Crippen molar-refractivity contribution in [3.63, 3.8) is 0 Å². The van der Waals surface area contributed by atoms with Crippen molar-refractivity contribution in [2.45, 2.75) is 64.2 Å². The average molecular weight is 304 g/mol. The number of hydrogen-bond donors (Lipinski definition) is 0. The first-order valence-corrected chi connectivity index (χ1v) is 8.92. The lowest BCUT2D eigenvalue weighted by molar-refractivity contribution is 0.182. The number of isocyanates is 2. The molecule has 122 valence electrons. The van der Waals surface area contributed by atoms with Crippen LogP contribution in [0.4, 0.5) is 0 Å². The highest BCUT2D eigenvalue weighted by molar-refractivity contribution is 5.33. The summed E-state index contributed by atoms with van der Waals surface area (Å²) in [6, 6.07) is 0. The highest BCUT2D eigenvalue weighted by atomic mass is 16.1. The van der Waals surface area contributed by atoms with E-state index in [9.17, 15) is 9.59 Å². The second-order valence-corrected chi connectivity index (χ2v) is 7.07. The van der Waals surface area contributed by atoms with Gasteiger partial charge in [-0.05, 0) is 42.9 Å². The van der Waals surface area contributed by atoms with Crippen LogP contribution in [0.25, 0.3) is 0 Å². The van der Waals surface area contributed by atoms with Gasteiger partial charge in [0.15, 0.2) is 0 Å². The van der Waals surface area contributed by atoms with Crippen LogP contribution in [0.5, 0.6) is 0 Å².